The summed E-state index contributed by atoms with van der Waals surface area (Å²) in [7, 11) is 0. The van der Waals surface area contributed by atoms with E-state index in [4.69, 9.17) is 0 Å². The molecule has 1 aromatic rings. The van der Waals surface area contributed by atoms with Crippen LogP contribution in [0.1, 0.15) is 41.5 Å². The van der Waals surface area contributed by atoms with E-state index in [0.717, 1.165) is 0 Å². The molecule has 0 aromatic carbocycles. The van der Waals surface area contributed by atoms with Gasteiger partial charge in [0.25, 0.3) is 0 Å². The Morgan fingerprint density at radius 2 is 2.23 bits per heavy atom. The first-order valence-electron chi connectivity index (χ1n) is 4.55. The number of hydrogen-bond donors (Lipinski definition) is 0. The predicted molar refractivity (Wildman–Crippen MR) is 67.9 cm³/mol. The van der Waals surface area contributed by atoms with Gasteiger partial charge in [-0.3, -0.25) is 0 Å². The second-order valence-electron chi connectivity index (χ2n) is 3.22. The number of rotatable bonds is 4. The fourth-order valence-electron chi connectivity index (χ4n) is 1.16. The van der Waals surface area contributed by atoms with Gasteiger partial charge in [-0.25, -0.2) is 0 Å². The van der Waals surface area contributed by atoms with Crippen molar-refractivity contribution in [1.82, 2.24) is 0 Å². The lowest BCUT2D eigenvalue weighted by Gasteiger charge is -2.04. The molecular weight excluding hydrogens is 312 g/mol. The summed E-state index contributed by atoms with van der Waals surface area (Å²) in [5.74, 6) is 0. The molecule has 0 saturated carbocycles. The third kappa shape index (κ3) is 3.37. The van der Waals surface area contributed by atoms with Crippen LogP contribution in [0.3, 0.4) is 0 Å². The molecule has 0 radical (unpaired) electrons. The van der Waals surface area contributed by atoms with Gasteiger partial charge >= 0.3 is 0 Å². The van der Waals surface area contributed by atoms with E-state index in [2.05, 4.69) is 51.8 Å². The zero-order chi connectivity index (χ0) is 9.84. The van der Waals surface area contributed by atoms with E-state index < -0.39 is 0 Å². The number of unbranched alkanes of at least 4 members (excludes halogenated alkanes) is 1. The summed E-state index contributed by atoms with van der Waals surface area (Å²) >= 11 is 9.12. The lowest BCUT2D eigenvalue weighted by atomic mass is 10.2. The van der Waals surface area contributed by atoms with Crippen molar-refractivity contribution in [2.45, 2.75) is 37.9 Å². The molecule has 3 heteroatoms. The molecule has 1 rings (SSSR count). The number of thiophene rings is 1. The van der Waals surface area contributed by atoms with E-state index in [1.54, 1.807) is 0 Å². The Balaban J connectivity index is 2.60. The summed E-state index contributed by atoms with van der Waals surface area (Å²) in [6.07, 6.45) is 3.81. The molecule has 1 atom stereocenters. The average molecular weight is 326 g/mol. The fraction of sp³-hybridized carbons (Fsp3) is 0.600. The van der Waals surface area contributed by atoms with Crippen LogP contribution in [0.4, 0.5) is 0 Å². The molecule has 0 aliphatic rings. The monoisotopic (exact) mass is 324 g/mol. The quantitative estimate of drug-likeness (QED) is 0.646. The second-order valence-corrected chi connectivity index (χ2v) is 6.72. The highest BCUT2D eigenvalue weighted by molar-refractivity contribution is 9.11. The van der Waals surface area contributed by atoms with Gasteiger partial charge in [-0.1, -0.05) is 35.7 Å². The van der Waals surface area contributed by atoms with Crippen LogP contribution in [0.2, 0.25) is 0 Å². The van der Waals surface area contributed by atoms with Crippen LogP contribution in [0.15, 0.2) is 9.85 Å². The third-order valence-corrected chi connectivity index (χ3v) is 5.50. The minimum atomic E-state index is 0.544. The summed E-state index contributed by atoms with van der Waals surface area (Å²) < 4.78 is 1.27. The lowest BCUT2D eigenvalue weighted by Crippen LogP contribution is -1.84. The lowest BCUT2D eigenvalue weighted by molar-refractivity contribution is 0.718. The van der Waals surface area contributed by atoms with Gasteiger partial charge in [0.15, 0.2) is 0 Å². The molecule has 1 heterocycles. The van der Waals surface area contributed by atoms with Gasteiger partial charge in [0.05, 0.1) is 3.79 Å². The maximum Gasteiger partial charge on any atom is 0.0730 e. The molecule has 0 fully saturated rings. The Hall–Kier alpha value is 0.660. The molecule has 0 spiro atoms. The first kappa shape index (κ1) is 11.7. The largest absolute Gasteiger partial charge is 0.132 e. The molecule has 0 aliphatic carbocycles. The predicted octanol–water partition coefficient (Wildman–Crippen LogP) is 5.45. The van der Waals surface area contributed by atoms with Crippen LogP contribution in [0.5, 0.6) is 0 Å². The van der Waals surface area contributed by atoms with Gasteiger partial charge in [-0.2, -0.15) is 0 Å². The Labute approximate surface area is 101 Å². The Bertz CT molecular complexity index is 248. The summed E-state index contributed by atoms with van der Waals surface area (Å²) in [6, 6.07) is 2.27. The van der Waals surface area contributed by atoms with Crippen LogP contribution >= 0.6 is 43.2 Å². The number of alkyl halides is 1. The molecule has 0 bridgehead atoms. The van der Waals surface area contributed by atoms with E-state index in [0.29, 0.717) is 4.83 Å². The van der Waals surface area contributed by atoms with Gasteiger partial charge < -0.3 is 0 Å². The van der Waals surface area contributed by atoms with Crippen molar-refractivity contribution < 1.29 is 0 Å². The van der Waals surface area contributed by atoms with E-state index in [1.807, 2.05) is 11.3 Å². The van der Waals surface area contributed by atoms with Gasteiger partial charge in [0.2, 0.25) is 0 Å². The summed E-state index contributed by atoms with van der Waals surface area (Å²) in [6.45, 7) is 4.37. The van der Waals surface area contributed by atoms with Crippen LogP contribution < -0.4 is 0 Å². The standard InChI is InChI=1S/C10H14Br2S/c1-3-4-5-8(11)9-6-7(2)10(12)13-9/h6,8H,3-5H2,1-2H3. The molecule has 74 valence electrons. The molecule has 0 nitrogen and oxygen atoms in total. The minimum absolute atomic E-state index is 0.544. The van der Waals surface area contributed by atoms with Gasteiger partial charge in [0.1, 0.15) is 0 Å². The van der Waals surface area contributed by atoms with Crippen molar-refractivity contribution >= 4 is 43.2 Å². The van der Waals surface area contributed by atoms with Crippen LogP contribution in [0.25, 0.3) is 0 Å². The molecule has 1 unspecified atom stereocenters. The highest BCUT2D eigenvalue weighted by atomic mass is 79.9. The van der Waals surface area contributed by atoms with E-state index in [1.165, 1.54) is 33.5 Å². The molecule has 0 saturated heterocycles. The molecular formula is C10H14Br2S. The van der Waals surface area contributed by atoms with Crippen LogP contribution in [-0.4, -0.2) is 0 Å². The minimum Gasteiger partial charge on any atom is -0.132 e. The maximum absolute atomic E-state index is 3.72. The average Bonchev–Trinajstić information content (AvgIpc) is 2.43. The number of halogens is 2. The maximum atomic E-state index is 3.72. The van der Waals surface area contributed by atoms with Crippen LogP contribution in [-0.2, 0) is 0 Å². The Morgan fingerprint density at radius 1 is 1.54 bits per heavy atom. The van der Waals surface area contributed by atoms with E-state index >= 15 is 0 Å². The van der Waals surface area contributed by atoms with Crippen molar-refractivity contribution in [3.8, 4) is 0 Å². The van der Waals surface area contributed by atoms with E-state index in [-0.39, 0.29) is 0 Å². The Morgan fingerprint density at radius 3 is 2.69 bits per heavy atom. The topological polar surface area (TPSA) is 0 Å². The SMILES string of the molecule is CCCCC(Br)c1cc(C)c(Br)s1. The molecule has 0 N–H and O–H groups in total. The van der Waals surface area contributed by atoms with Crippen LogP contribution in [0, 0.1) is 6.92 Å². The molecule has 0 aliphatic heterocycles. The van der Waals surface area contributed by atoms with Gasteiger partial charge in [-0.05, 0) is 40.9 Å². The molecule has 13 heavy (non-hydrogen) atoms. The third-order valence-electron chi connectivity index (χ3n) is 2.00. The highest BCUT2D eigenvalue weighted by Crippen LogP contribution is 2.37. The first-order chi connectivity index (χ1) is 6.15. The number of hydrogen-bond acceptors (Lipinski definition) is 1. The zero-order valence-electron chi connectivity index (χ0n) is 7.94. The fourth-order valence-corrected chi connectivity index (χ4v) is 3.48. The highest BCUT2D eigenvalue weighted by Gasteiger charge is 2.11. The normalized spacial score (nSPS) is 13.2. The van der Waals surface area contributed by atoms with Crippen molar-refractivity contribution in [2.75, 3.05) is 0 Å². The van der Waals surface area contributed by atoms with Crippen molar-refractivity contribution in [3.05, 3.63) is 20.3 Å². The smallest absolute Gasteiger partial charge is 0.0730 e. The molecule has 1 aromatic heterocycles. The molecule has 0 amide bonds. The van der Waals surface area contributed by atoms with Gasteiger partial charge in [0, 0.05) is 9.70 Å². The Kier molecular flexibility index (Phi) is 4.98. The van der Waals surface area contributed by atoms with Crippen molar-refractivity contribution in [3.63, 3.8) is 0 Å². The van der Waals surface area contributed by atoms with E-state index in [9.17, 15) is 0 Å². The number of aryl methyl sites for hydroxylation is 1. The van der Waals surface area contributed by atoms with Crippen molar-refractivity contribution in [1.29, 1.82) is 0 Å². The summed E-state index contributed by atoms with van der Waals surface area (Å²) in [4.78, 5) is 1.99. The summed E-state index contributed by atoms with van der Waals surface area (Å²) in [5.41, 5.74) is 1.35. The summed E-state index contributed by atoms with van der Waals surface area (Å²) in [5, 5.41) is 0. The van der Waals surface area contributed by atoms with Gasteiger partial charge in [-0.15, -0.1) is 11.3 Å². The first-order valence-corrected chi connectivity index (χ1v) is 7.07. The van der Waals surface area contributed by atoms with Crippen molar-refractivity contribution in [2.24, 2.45) is 0 Å². The zero-order valence-corrected chi connectivity index (χ0v) is 11.9. The second kappa shape index (κ2) is 5.52.